The molecule has 1 atom stereocenters. The SMILES string of the molecule is CCn1nc(C)cc1C(=O)Nc1nc2cc(C(N)=O)cc(OCCCN(C)C(=O)CN3CCOCC3)c2n1CCC[C@H]1COc2cc(C(N)=O)cc3nc(NC(=O)c4cc(C)nn4CC)n1c23. The predicted octanol–water partition coefficient (Wildman–Crippen LogP) is 3.11. The average molecular weight is 921 g/mol. The third-order valence-corrected chi connectivity index (χ3v) is 11.9. The van der Waals surface area contributed by atoms with Crippen LogP contribution in [0.5, 0.6) is 11.5 Å². The quantitative estimate of drug-likeness (QED) is 0.0852. The molecular weight excluding hydrogens is 865 g/mol. The van der Waals surface area contributed by atoms with Crippen LogP contribution in [0.2, 0.25) is 0 Å². The highest BCUT2D eigenvalue weighted by molar-refractivity contribution is 6.05. The number of likely N-dealkylation sites (N-methyl/N-ethyl adjacent to an activating group) is 1. The van der Waals surface area contributed by atoms with E-state index in [4.69, 9.17) is 35.6 Å². The summed E-state index contributed by atoms with van der Waals surface area (Å²) in [6, 6.07) is 9.30. The molecule has 22 heteroatoms. The van der Waals surface area contributed by atoms with E-state index < -0.39 is 23.6 Å². The smallest absolute Gasteiger partial charge is 0.276 e. The van der Waals surface area contributed by atoms with Crippen LogP contribution in [0.3, 0.4) is 0 Å². The Kier molecular flexibility index (Phi) is 13.5. The number of hydrogen-bond acceptors (Lipinski definition) is 13. The lowest BCUT2D eigenvalue weighted by molar-refractivity contribution is -0.132. The van der Waals surface area contributed by atoms with Crippen LogP contribution in [0.1, 0.15) is 92.2 Å². The van der Waals surface area contributed by atoms with Crippen LogP contribution in [0.25, 0.3) is 22.1 Å². The predicted molar refractivity (Wildman–Crippen MR) is 246 cm³/mol. The van der Waals surface area contributed by atoms with Crippen molar-refractivity contribution in [1.82, 2.24) is 48.5 Å². The summed E-state index contributed by atoms with van der Waals surface area (Å²) in [4.78, 5) is 79.0. The molecule has 4 aromatic heterocycles. The van der Waals surface area contributed by atoms with Crippen molar-refractivity contribution in [3.8, 4) is 11.5 Å². The molecule has 6 N–H and O–H groups in total. The van der Waals surface area contributed by atoms with Crippen molar-refractivity contribution in [1.29, 1.82) is 0 Å². The molecule has 0 unspecified atom stereocenters. The van der Waals surface area contributed by atoms with Crippen LogP contribution >= 0.6 is 0 Å². The minimum Gasteiger partial charge on any atom is -0.491 e. The molecule has 6 heterocycles. The first-order valence-corrected chi connectivity index (χ1v) is 22.4. The van der Waals surface area contributed by atoms with E-state index in [1.54, 1.807) is 64.6 Å². The summed E-state index contributed by atoms with van der Waals surface area (Å²) in [6.45, 7) is 12.3. The number of carbonyl (C=O) groups is 5. The van der Waals surface area contributed by atoms with Crippen molar-refractivity contribution in [3.05, 3.63) is 70.3 Å². The molecule has 2 aromatic carbocycles. The zero-order valence-electron chi connectivity index (χ0n) is 38.3. The first-order valence-electron chi connectivity index (χ1n) is 22.4. The molecule has 5 amide bonds. The Labute approximate surface area is 385 Å². The fourth-order valence-corrected chi connectivity index (χ4v) is 8.59. The number of amides is 5. The maximum Gasteiger partial charge on any atom is 0.276 e. The maximum absolute atomic E-state index is 13.9. The number of nitrogens with two attached hydrogens (primary N) is 2. The summed E-state index contributed by atoms with van der Waals surface area (Å²) in [7, 11) is 1.76. The summed E-state index contributed by atoms with van der Waals surface area (Å²) < 4.78 is 25.0. The lowest BCUT2D eigenvalue weighted by Crippen LogP contribution is -2.44. The van der Waals surface area contributed by atoms with E-state index >= 15 is 0 Å². The zero-order chi connectivity index (χ0) is 47.5. The van der Waals surface area contributed by atoms with Crippen LogP contribution in [0, 0.1) is 13.8 Å². The van der Waals surface area contributed by atoms with Gasteiger partial charge in [-0.25, -0.2) is 9.97 Å². The minimum absolute atomic E-state index is 0.00898. The van der Waals surface area contributed by atoms with Crippen LogP contribution in [-0.2, 0) is 29.2 Å². The van der Waals surface area contributed by atoms with Crippen LogP contribution in [0.15, 0.2) is 36.4 Å². The monoisotopic (exact) mass is 920 g/mol. The van der Waals surface area contributed by atoms with Crippen LogP contribution in [0.4, 0.5) is 11.9 Å². The van der Waals surface area contributed by atoms with E-state index in [1.807, 2.05) is 29.9 Å². The van der Waals surface area contributed by atoms with Gasteiger partial charge in [0.2, 0.25) is 29.6 Å². The number of ether oxygens (including phenoxy) is 3. The number of aryl methyl sites for hydroxylation is 5. The second kappa shape index (κ2) is 19.6. The number of hydrogen-bond donors (Lipinski definition) is 4. The Morgan fingerprint density at radius 1 is 0.806 bits per heavy atom. The summed E-state index contributed by atoms with van der Waals surface area (Å²) in [5, 5.41) is 14.8. The van der Waals surface area contributed by atoms with Crippen molar-refractivity contribution in [2.45, 2.75) is 72.6 Å². The summed E-state index contributed by atoms with van der Waals surface area (Å²) in [5.41, 5.74) is 15.8. The number of aromatic nitrogens is 8. The lowest BCUT2D eigenvalue weighted by Gasteiger charge is -2.28. The molecule has 1 saturated heterocycles. The number of anilines is 2. The molecule has 6 aromatic rings. The second-order valence-electron chi connectivity index (χ2n) is 16.7. The molecule has 0 spiro atoms. The van der Waals surface area contributed by atoms with Gasteiger partial charge in [-0.3, -0.25) is 48.9 Å². The standard InChI is InChI=1S/C45H56N14O8/c1-6-57-33(18-26(3)52-57)42(63)50-44-48-31-20-28(40(46)61)22-35(66-15-9-11-54(5)37(60)24-55-13-16-65-17-14-55)38(31)56(44)12-8-10-30-25-67-36-23-29(41(47)62)21-32-39(36)59(30)45(49-32)51-43(64)34-19-27(4)53-58(34)7-2/h18-23,30H,6-17,24-25H2,1-5H3,(H2,46,61)(H2,47,62)(H,48,50,63)(H,49,51,64)/t30-/m0/s1. The number of benzene rings is 2. The summed E-state index contributed by atoms with van der Waals surface area (Å²) in [6.07, 6.45) is 1.44. The van der Waals surface area contributed by atoms with Crippen molar-refractivity contribution < 1.29 is 38.2 Å². The van der Waals surface area contributed by atoms with Gasteiger partial charge in [0.25, 0.3) is 11.8 Å². The van der Waals surface area contributed by atoms with Gasteiger partial charge in [0.15, 0.2) is 0 Å². The number of nitrogens with zero attached hydrogens (tertiary/aromatic N) is 10. The van der Waals surface area contributed by atoms with Gasteiger partial charge < -0.3 is 39.7 Å². The normalized spacial score (nSPS) is 14.9. The molecule has 67 heavy (non-hydrogen) atoms. The Hall–Kier alpha value is -7.33. The van der Waals surface area contributed by atoms with Gasteiger partial charge in [-0.1, -0.05) is 0 Å². The van der Waals surface area contributed by atoms with Crippen LogP contribution < -0.4 is 31.6 Å². The molecule has 0 radical (unpaired) electrons. The number of primary amides is 2. The third kappa shape index (κ3) is 9.80. The van der Waals surface area contributed by atoms with E-state index in [1.165, 1.54) is 0 Å². The topological polar surface area (TPSA) is 267 Å². The largest absolute Gasteiger partial charge is 0.491 e. The summed E-state index contributed by atoms with van der Waals surface area (Å²) >= 11 is 0. The molecule has 8 rings (SSSR count). The van der Waals surface area contributed by atoms with Gasteiger partial charge in [-0.05, 0) is 83.4 Å². The molecule has 2 aliphatic heterocycles. The number of morpholine rings is 1. The Bertz CT molecular complexity index is 2870. The fourth-order valence-electron chi connectivity index (χ4n) is 8.59. The van der Waals surface area contributed by atoms with Gasteiger partial charge in [0.05, 0.1) is 54.8 Å². The van der Waals surface area contributed by atoms with E-state index in [0.717, 1.165) is 0 Å². The van der Waals surface area contributed by atoms with Crippen LogP contribution in [-0.4, -0.2) is 138 Å². The maximum atomic E-state index is 13.9. The zero-order valence-corrected chi connectivity index (χ0v) is 38.3. The number of carbonyl (C=O) groups excluding carboxylic acids is 5. The average Bonchev–Trinajstić information content (AvgIpc) is 4.08. The molecule has 0 bridgehead atoms. The molecule has 354 valence electrons. The van der Waals surface area contributed by atoms with E-state index in [0.29, 0.717) is 135 Å². The third-order valence-electron chi connectivity index (χ3n) is 11.9. The minimum atomic E-state index is -0.688. The molecule has 1 fully saturated rings. The van der Waals surface area contributed by atoms with Gasteiger partial charge in [0.1, 0.15) is 40.5 Å². The van der Waals surface area contributed by atoms with E-state index in [-0.39, 0.29) is 48.2 Å². The van der Waals surface area contributed by atoms with Gasteiger partial charge in [-0.2, -0.15) is 10.2 Å². The molecule has 22 nitrogen and oxygen atoms in total. The van der Waals surface area contributed by atoms with E-state index in [2.05, 4.69) is 25.7 Å². The fraction of sp³-hybridized carbons (Fsp3) is 0.444. The van der Waals surface area contributed by atoms with Gasteiger partial charge in [-0.15, -0.1) is 0 Å². The van der Waals surface area contributed by atoms with E-state index in [9.17, 15) is 24.0 Å². The molecular formula is C45H56N14O8. The Morgan fingerprint density at radius 2 is 1.40 bits per heavy atom. The van der Waals surface area contributed by atoms with Gasteiger partial charge in [0, 0.05) is 57.4 Å². The highest BCUT2D eigenvalue weighted by atomic mass is 16.5. The number of imidazole rings is 2. The highest BCUT2D eigenvalue weighted by Crippen LogP contribution is 2.39. The first kappa shape index (κ1) is 46.2. The van der Waals surface area contributed by atoms with Crippen molar-refractivity contribution in [3.63, 3.8) is 0 Å². The second-order valence-corrected chi connectivity index (χ2v) is 16.7. The highest BCUT2D eigenvalue weighted by Gasteiger charge is 2.30. The molecule has 2 aliphatic rings. The number of rotatable bonds is 19. The Balaban J connectivity index is 1.09. The Morgan fingerprint density at radius 3 is 2.03 bits per heavy atom. The number of nitrogens with one attached hydrogen (secondary N) is 2. The summed E-state index contributed by atoms with van der Waals surface area (Å²) in [5.74, 6) is -1.02. The van der Waals surface area contributed by atoms with Crippen molar-refractivity contribution >= 4 is 63.5 Å². The first-order chi connectivity index (χ1) is 32.2. The lowest BCUT2D eigenvalue weighted by atomic mass is 10.1. The molecule has 0 aliphatic carbocycles. The van der Waals surface area contributed by atoms with Crippen molar-refractivity contribution in [2.75, 3.05) is 70.3 Å². The van der Waals surface area contributed by atoms with Crippen molar-refractivity contribution in [2.24, 2.45) is 11.5 Å². The molecule has 0 saturated carbocycles. The number of fused-ring (bicyclic) bond motifs is 1. The van der Waals surface area contributed by atoms with Gasteiger partial charge >= 0.3 is 0 Å².